The lowest BCUT2D eigenvalue weighted by Gasteiger charge is -2.33. The van der Waals surface area contributed by atoms with E-state index in [0.717, 1.165) is 16.8 Å². The normalized spacial score (nSPS) is 14.2. The van der Waals surface area contributed by atoms with Crippen molar-refractivity contribution in [2.24, 2.45) is 7.05 Å². The SMILES string of the molecule is C=C(CN(C)C)C(O)(c1ccccc1)c1cccn1C. The van der Waals surface area contributed by atoms with Crippen molar-refractivity contribution in [3.8, 4) is 0 Å². The number of aryl methyl sites for hydroxylation is 1. The van der Waals surface area contributed by atoms with Gasteiger partial charge in [-0.25, -0.2) is 0 Å². The maximum atomic E-state index is 11.4. The van der Waals surface area contributed by atoms with Crippen LogP contribution >= 0.6 is 0 Å². The highest BCUT2D eigenvalue weighted by Gasteiger charge is 2.36. The Morgan fingerprint density at radius 1 is 1.20 bits per heavy atom. The molecule has 3 nitrogen and oxygen atoms in total. The van der Waals surface area contributed by atoms with Crippen LogP contribution in [0.5, 0.6) is 0 Å². The summed E-state index contributed by atoms with van der Waals surface area (Å²) in [6.07, 6.45) is 1.94. The maximum absolute atomic E-state index is 11.4. The second-order valence-corrected chi connectivity index (χ2v) is 5.42. The number of benzene rings is 1. The van der Waals surface area contributed by atoms with Crippen molar-refractivity contribution in [1.29, 1.82) is 0 Å². The highest BCUT2D eigenvalue weighted by atomic mass is 16.3. The summed E-state index contributed by atoms with van der Waals surface area (Å²) in [6, 6.07) is 13.6. The van der Waals surface area contributed by atoms with Crippen molar-refractivity contribution in [3.05, 3.63) is 72.1 Å². The van der Waals surface area contributed by atoms with Crippen molar-refractivity contribution in [2.45, 2.75) is 5.60 Å². The van der Waals surface area contributed by atoms with E-state index in [0.29, 0.717) is 6.54 Å². The summed E-state index contributed by atoms with van der Waals surface area (Å²) in [5.74, 6) is 0. The summed E-state index contributed by atoms with van der Waals surface area (Å²) in [6.45, 7) is 4.76. The van der Waals surface area contributed by atoms with Crippen LogP contribution in [0.15, 0.2) is 60.8 Å². The molecule has 2 aromatic rings. The number of hydrogen-bond acceptors (Lipinski definition) is 2. The fraction of sp³-hybridized carbons (Fsp3) is 0.294. The summed E-state index contributed by atoms with van der Waals surface area (Å²) in [5.41, 5.74) is 1.25. The third kappa shape index (κ3) is 2.55. The third-order valence-corrected chi connectivity index (χ3v) is 3.52. The summed E-state index contributed by atoms with van der Waals surface area (Å²) < 4.78 is 1.94. The summed E-state index contributed by atoms with van der Waals surface area (Å²) in [5, 5.41) is 11.4. The molecule has 106 valence electrons. The van der Waals surface area contributed by atoms with E-state index in [9.17, 15) is 5.11 Å². The fourth-order valence-corrected chi connectivity index (χ4v) is 2.55. The number of likely N-dealkylation sites (N-methyl/N-ethyl adjacent to an activating group) is 1. The second kappa shape index (κ2) is 5.65. The van der Waals surface area contributed by atoms with Gasteiger partial charge in [-0.05, 0) is 37.4 Å². The molecule has 0 amide bonds. The molecular weight excluding hydrogens is 248 g/mol. The van der Waals surface area contributed by atoms with Crippen LogP contribution < -0.4 is 0 Å². The van der Waals surface area contributed by atoms with E-state index >= 15 is 0 Å². The number of hydrogen-bond donors (Lipinski definition) is 1. The topological polar surface area (TPSA) is 28.4 Å². The molecule has 3 heteroatoms. The molecule has 0 bridgehead atoms. The summed E-state index contributed by atoms with van der Waals surface area (Å²) >= 11 is 0. The molecule has 1 N–H and O–H groups in total. The Morgan fingerprint density at radius 2 is 1.85 bits per heavy atom. The molecule has 0 saturated carbocycles. The van der Waals surface area contributed by atoms with Gasteiger partial charge < -0.3 is 14.6 Å². The van der Waals surface area contributed by atoms with Crippen LogP contribution in [0.25, 0.3) is 0 Å². The molecular formula is C17H22N2O. The predicted octanol–water partition coefficient (Wildman–Crippen LogP) is 2.38. The Balaban J connectivity index is 2.55. The molecule has 1 aromatic carbocycles. The van der Waals surface area contributed by atoms with Gasteiger partial charge in [0.1, 0.15) is 0 Å². The quantitative estimate of drug-likeness (QED) is 0.845. The number of aliphatic hydroxyl groups is 1. The van der Waals surface area contributed by atoms with Gasteiger partial charge in [0.2, 0.25) is 0 Å². The van der Waals surface area contributed by atoms with Crippen LogP contribution in [0.1, 0.15) is 11.3 Å². The van der Waals surface area contributed by atoms with E-state index in [1.807, 2.05) is 79.3 Å². The van der Waals surface area contributed by atoms with Crippen LogP contribution in [-0.2, 0) is 12.6 Å². The van der Waals surface area contributed by atoms with Crippen molar-refractivity contribution < 1.29 is 5.11 Å². The van der Waals surface area contributed by atoms with Gasteiger partial charge >= 0.3 is 0 Å². The minimum absolute atomic E-state index is 0.622. The molecule has 1 aromatic heterocycles. The minimum Gasteiger partial charge on any atom is -0.375 e. The van der Waals surface area contributed by atoms with Crippen LogP contribution in [-0.4, -0.2) is 35.2 Å². The van der Waals surface area contributed by atoms with Crippen LogP contribution in [0.3, 0.4) is 0 Å². The average molecular weight is 270 g/mol. The van der Waals surface area contributed by atoms with Crippen LogP contribution in [0.4, 0.5) is 0 Å². The van der Waals surface area contributed by atoms with Gasteiger partial charge in [-0.3, -0.25) is 0 Å². The van der Waals surface area contributed by atoms with Crippen LogP contribution in [0.2, 0.25) is 0 Å². The monoisotopic (exact) mass is 270 g/mol. The van der Waals surface area contributed by atoms with Gasteiger partial charge in [0.15, 0.2) is 5.60 Å². The Morgan fingerprint density at radius 3 is 2.35 bits per heavy atom. The van der Waals surface area contributed by atoms with Gasteiger partial charge in [-0.1, -0.05) is 36.9 Å². The second-order valence-electron chi connectivity index (χ2n) is 5.42. The van der Waals surface area contributed by atoms with E-state index in [1.165, 1.54) is 0 Å². The lowest BCUT2D eigenvalue weighted by Crippen LogP contribution is -2.35. The lowest BCUT2D eigenvalue weighted by atomic mass is 9.83. The highest BCUT2D eigenvalue weighted by Crippen LogP contribution is 2.35. The van der Waals surface area contributed by atoms with E-state index in [2.05, 4.69) is 6.58 Å². The molecule has 2 rings (SSSR count). The molecule has 1 unspecified atom stereocenters. The first-order valence-electron chi connectivity index (χ1n) is 6.69. The van der Waals surface area contributed by atoms with E-state index < -0.39 is 5.60 Å². The zero-order valence-corrected chi connectivity index (χ0v) is 12.4. The first kappa shape index (κ1) is 14.6. The number of aromatic nitrogens is 1. The average Bonchev–Trinajstić information content (AvgIpc) is 2.84. The van der Waals surface area contributed by atoms with Gasteiger partial charge in [0, 0.05) is 19.8 Å². The molecule has 0 aliphatic carbocycles. The maximum Gasteiger partial charge on any atom is 0.152 e. The minimum atomic E-state index is -1.18. The fourth-order valence-electron chi connectivity index (χ4n) is 2.55. The third-order valence-electron chi connectivity index (χ3n) is 3.52. The van der Waals surface area contributed by atoms with Gasteiger partial charge in [0.05, 0.1) is 5.69 Å². The molecule has 0 saturated heterocycles. The molecule has 0 aliphatic rings. The smallest absolute Gasteiger partial charge is 0.152 e. The predicted molar refractivity (Wildman–Crippen MR) is 82.5 cm³/mol. The number of rotatable bonds is 5. The van der Waals surface area contributed by atoms with Gasteiger partial charge in [0.25, 0.3) is 0 Å². The Kier molecular flexibility index (Phi) is 4.12. The summed E-state index contributed by atoms with van der Waals surface area (Å²) in [7, 11) is 5.88. The van der Waals surface area contributed by atoms with Crippen molar-refractivity contribution in [2.75, 3.05) is 20.6 Å². The Labute approximate surface area is 120 Å². The van der Waals surface area contributed by atoms with Gasteiger partial charge in [-0.15, -0.1) is 0 Å². The number of nitrogens with zero attached hydrogens (tertiary/aromatic N) is 2. The summed E-state index contributed by atoms with van der Waals surface area (Å²) in [4.78, 5) is 2.01. The zero-order valence-electron chi connectivity index (χ0n) is 12.4. The Hall–Kier alpha value is -1.84. The Bertz CT molecular complexity index is 586. The van der Waals surface area contributed by atoms with Crippen LogP contribution in [0, 0.1) is 0 Å². The van der Waals surface area contributed by atoms with Crippen molar-refractivity contribution in [1.82, 2.24) is 9.47 Å². The van der Waals surface area contributed by atoms with Crippen molar-refractivity contribution in [3.63, 3.8) is 0 Å². The molecule has 1 heterocycles. The molecule has 0 fully saturated rings. The molecule has 0 aliphatic heterocycles. The molecule has 1 atom stereocenters. The first-order chi connectivity index (χ1) is 9.46. The first-order valence-corrected chi connectivity index (χ1v) is 6.69. The molecule has 20 heavy (non-hydrogen) atoms. The van der Waals surface area contributed by atoms with E-state index in [4.69, 9.17) is 0 Å². The van der Waals surface area contributed by atoms with Crippen molar-refractivity contribution >= 4 is 0 Å². The van der Waals surface area contributed by atoms with E-state index in [1.54, 1.807) is 0 Å². The van der Waals surface area contributed by atoms with Gasteiger partial charge in [-0.2, -0.15) is 0 Å². The zero-order chi connectivity index (χ0) is 14.8. The molecule has 0 radical (unpaired) electrons. The lowest BCUT2D eigenvalue weighted by molar-refractivity contribution is 0.106. The largest absolute Gasteiger partial charge is 0.375 e. The standard InChI is InChI=1S/C17H22N2O/c1-14(13-18(2)3)17(20,15-9-6-5-7-10-15)16-11-8-12-19(16)4/h5-12,20H,1,13H2,2-4H3. The van der Waals surface area contributed by atoms with E-state index in [-0.39, 0.29) is 0 Å². The molecule has 0 spiro atoms. The highest BCUT2D eigenvalue weighted by molar-refractivity contribution is 5.42.